The van der Waals surface area contributed by atoms with E-state index in [0.29, 0.717) is 24.9 Å². The van der Waals surface area contributed by atoms with Crippen molar-refractivity contribution < 1.29 is 0 Å². The molecule has 0 fully saturated rings. The number of aryl methyl sites for hydroxylation is 1. The lowest BCUT2D eigenvalue weighted by Crippen LogP contribution is -2.30. The number of unbranched alkanes of at least 4 members (excludes halogenated alkanes) is 1. The first-order valence-corrected chi connectivity index (χ1v) is 7.19. The summed E-state index contributed by atoms with van der Waals surface area (Å²) in [5, 5.41) is 0. The standard InChI is InChI=1S/C16H28N2/c1-3-4-5-14-6-8-15(9-7-14)10-13(2)16(11-17)12-18/h6-9,13,16H,3-5,10-12,17-18H2,1-2H3. The molecule has 2 nitrogen and oxygen atoms in total. The smallest absolute Gasteiger partial charge is 0.00341 e. The molecular formula is C16H28N2. The van der Waals surface area contributed by atoms with Gasteiger partial charge in [0.1, 0.15) is 0 Å². The fourth-order valence-corrected chi connectivity index (χ4v) is 2.32. The maximum atomic E-state index is 5.74. The van der Waals surface area contributed by atoms with E-state index in [1.54, 1.807) is 0 Å². The highest BCUT2D eigenvalue weighted by atomic mass is 14.6. The molecule has 0 spiro atoms. The van der Waals surface area contributed by atoms with Crippen molar-refractivity contribution in [1.82, 2.24) is 0 Å². The Hall–Kier alpha value is -0.860. The fraction of sp³-hybridized carbons (Fsp3) is 0.625. The maximum Gasteiger partial charge on any atom is -0.00341 e. The van der Waals surface area contributed by atoms with E-state index in [1.807, 2.05) is 0 Å². The van der Waals surface area contributed by atoms with E-state index in [0.717, 1.165) is 6.42 Å². The predicted octanol–water partition coefficient (Wildman–Crippen LogP) is 2.74. The molecule has 1 rings (SSSR count). The van der Waals surface area contributed by atoms with Gasteiger partial charge in [-0.15, -0.1) is 0 Å². The second kappa shape index (κ2) is 8.28. The Labute approximate surface area is 112 Å². The summed E-state index contributed by atoms with van der Waals surface area (Å²) in [4.78, 5) is 0. The predicted molar refractivity (Wildman–Crippen MR) is 79.5 cm³/mol. The Kier molecular flexibility index (Phi) is 6.99. The van der Waals surface area contributed by atoms with Crippen LogP contribution in [0.4, 0.5) is 0 Å². The van der Waals surface area contributed by atoms with Crippen molar-refractivity contribution in [3.05, 3.63) is 35.4 Å². The Morgan fingerprint density at radius 2 is 1.56 bits per heavy atom. The average molecular weight is 248 g/mol. The highest BCUT2D eigenvalue weighted by molar-refractivity contribution is 5.23. The van der Waals surface area contributed by atoms with E-state index in [2.05, 4.69) is 38.1 Å². The van der Waals surface area contributed by atoms with Crippen LogP contribution < -0.4 is 11.5 Å². The van der Waals surface area contributed by atoms with Gasteiger partial charge in [-0.05, 0) is 55.3 Å². The van der Waals surface area contributed by atoms with Gasteiger partial charge in [-0.25, -0.2) is 0 Å². The lowest BCUT2D eigenvalue weighted by atomic mass is 9.88. The van der Waals surface area contributed by atoms with Gasteiger partial charge < -0.3 is 11.5 Å². The van der Waals surface area contributed by atoms with Crippen LogP contribution in [0.5, 0.6) is 0 Å². The molecule has 0 bridgehead atoms. The Bertz CT molecular complexity index is 314. The van der Waals surface area contributed by atoms with E-state index < -0.39 is 0 Å². The molecule has 1 aromatic rings. The third-order valence-electron chi connectivity index (χ3n) is 3.81. The molecule has 1 atom stereocenters. The zero-order valence-corrected chi connectivity index (χ0v) is 11.9. The summed E-state index contributed by atoms with van der Waals surface area (Å²) < 4.78 is 0. The summed E-state index contributed by atoms with van der Waals surface area (Å²) in [5.74, 6) is 0.992. The molecule has 0 aliphatic heterocycles. The van der Waals surface area contributed by atoms with E-state index >= 15 is 0 Å². The lowest BCUT2D eigenvalue weighted by molar-refractivity contribution is 0.372. The average Bonchev–Trinajstić information content (AvgIpc) is 2.39. The minimum absolute atomic E-state index is 0.435. The minimum Gasteiger partial charge on any atom is -0.330 e. The first kappa shape index (κ1) is 15.2. The summed E-state index contributed by atoms with van der Waals surface area (Å²) in [6.45, 7) is 5.85. The molecule has 0 saturated heterocycles. The van der Waals surface area contributed by atoms with Crippen molar-refractivity contribution in [2.24, 2.45) is 23.3 Å². The van der Waals surface area contributed by atoms with Crippen molar-refractivity contribution >= 4 is 0 Å². The van der Waals surface area contributed by atoms with Crippen LogP contribution in [0.1, 0.15) is 37.8 Å². The third kappa shape index (κ3) is 4.79. The third-order valence-corrected chi connectivity index (χ3v) is 3.81. The van der Waals surface area contributed by atoms with Crippen molar-refractivity contribution in [2.45, 2.75) is 39.5 Å². The molecular weight excluding hydrogens is 220 g/mol. The molecule has 0 aliphatic carbocycles. The highest BCUT2D eigenvalue weighted by Gasteiger charge is 2.14. The van der Waals surface area contributed by atoms with Crippen molar-refractivity contribution in [1.29, 1.82) is 0 Å². The van der Waals surface area contributed by atoms with Crippen LogP contribution >= 0.6 is 0 Å². The van der Waals surface area contributed by atoms with Gasteiger partial charge in [-0.2, -0.15) is 0 Å². The van der Waals surface area contributed by atoms with Crippen LogP contribution in [0.2, 0.25) is 0 Å². The monoisotopic (exact) mass is 248 g/mol. The number of rotatable bonds is 8. The molecule has 102 valence electrons. The number of nitrogens with two attached hydrogens (primary N) is 2. The van der Waals surface area contributed by atoms with E-state index in [9.17, 15) is 0 Å². The highest BCUT2D eigenvalue weighted by Crippen LogP contribution is 2.17. The summed E-state index contributed by atoms with van der Waals surface area (Å²) in [7, 11) is 0. The largest absolute Gasteiger partial charge is 0.330 e. The van der Waals surface area contributed by atoms with Crippen LogP contribution in [0, 0.1) is 11.8 Å². The lowest BCUT2D eigenvalue weighted by Gasteiger charge is -2.20. The summed E-state index contributed by atoms with van der Waals surface area (Å²) in [6, 6.07) is 9.03. The second-order valence-electron chi connectivity index (χ2n) is 5.33. The van der Waals surface area contributed by atoms with E-state index in [1.165, 1.54) is 30.4 Å². The zero-order chi connectivity index (χ0) is 13.4. The summed E-state index contributed by atoms with van der Waals surface area (Å²) in [5.41, 5.74) is 14.3. The molecule has 1 unspecified atom stereocenters. The maximum absolute atomic E-state index is 5.74. The Balaban J connectivity index is 2.52. The number of benzene rings is 1. The van der Waals surface area contributed by atoms with Gasteiger partial charge in [-0.1, -0.05) is 44.5 Å². The molecule has 4 N–H and O–H groups in total. The summed E-state index contributed by atoms with van der Waals surface area (Å²) >= 11 is 0. The molecule has 18 heavy (non-hydrogen) atoms. The van der Waals surface area contributed by atoms with Crippen LogP contribution in [-0.4, -0.2) is 13.1 Å². The van der Waals surface area contributed by atoms with Gasteiger partial charge >= 0.3 is 0 Å². The molecule has 0 saturated carbocycles. The van der Waals surface area contributed by atoms with E-state index in [4.69, 9.17) is 11.5 Å². The van der Waals surface area contributed by atoms with Crippen molar-refractivity contribution in [3.8, 4) is 0 Å². The molecule has 0 aromatic heterocycles. The van der Waals surface area contributed by atoms with Gasteiger partial charge in [0.2, 0.25) is 0 Å². The van der Waals surface area contributed by atoms with Gasteiger partial charge in [0.05, 0.1) is 0 Å². The van der Waals surface area contributed by atoms with Crippen LogP contribution in [0.15, 0.2) is 24.3 Å². The first-order chi connectivity index (χ1) is 8.71. The van der Waals surface area contributed by atoms with Crippen LogP contribution in [0.3, 0.4) is 0 Å². The fourth-order valence-electron chi connectivity index (χ4n) is 2.32. The Morgan fingerprint density at radius 1 is 1.00 bits per heavy atom. The van der Waals surface area contributed by atoms with Crippen LogP contribution in [0.25, 0.3) is 0 Å². The molecule has 0 aliphatic rings. The number of hydrogen-bond donors (Lipinski definition) is 2. The van der Waals surface area contributed by atoms with E-state index in [-0.39, 0.29) is 0 Å². The van der Waals surface area contributed by atoms with Gasteiger partial charge in [0, 0.05) is 0 Å². The second-order valence-corrected chi connectivity index (χ2v) is 5.33. The topological polar surface area (TPSA) is 52.0 Å². The van der Waals surface area contributed by atoms with Crippen molar-refractivity contribution in [2.75, 3.05) is 13.1 Å². The SMILES string of the molecule is CCCCc1ccc(CC(C)C(CN)CN)cc1. The normalized spacial score (nSPS) is 12.9. The molecule has 1 aromatic carbocycles. The van der Waals surface area contributed by atoms with Crippen LogP contribution in [-0.2, 0) is 12.8 Å². The first-order valence-electron chi connectivity index (χ1n) is 7.19. The molecule has 2 heteroatoms. The molecule has 0 heterocycles. The Morgan fingerprint density at radius 3 is 2.06 bits per heavy atom. The summed E-state index contributed by atoms with van der Waals surface area (Å²) in [6.07, 6.45) is 4.80. The quantitative estimate of drug-likeness (QED) is 0.743. The van der Waals surface area contributed by atoms with Gasteiger partial charge in [-0.3, -0.25) is 0 Å². The van der Waals surface area contributed by atoms with Gasteiger partial charge in [0.15, 0.2) is 0 Å². The van der Waals surface area contributed by atoms with Crippen molar-refractivity contribution in [3.63, 3.8) is 0 Å². The molecule has 0 amide bonds. The van der Waals surface area contributed by atoms with Gasteiger partial charge in [0.25, 0.3) is 0 Å². The molecule has 0 radical (unpaired) electrons. The number of hydrogen-bond acceptors (Lipinski definition) is 2. The zero-order valence-electron chi connectivity index (χ0n) is 11.9. The minimum atomic E-state index is 0.435.